The first-order chi connectivity index (χ1) is 21.2. The standard InChI is InChI=1S/C31H30F3N5O5/c32-31(33,34)23-3-9-27(10-4-23)43-26-7-1-22(2-8-26)19-36-15-17-37(18-16-36)24-5-11-25(12-6-24)42-21-28-13-14-38-20-29(39(40)41)35-30(38)44-28/h1-12,20,28H,13-19,21H2/t28-/m0/s1. The van der Waals surface area contributed by atoms with Crippen molar-refractivity contribution in [1.82, 2.24) is 14.5 Å². The summed E-state index contributed by atoms with van der Waals surface area (Å²) in [7, 11) is 0. The summed E-state index contributed by atoms with van der Waals surface area (Å²) in [5.41, 5.74) is 1.54. The van der Waals surface area contributed by atoms with E-state index in [-0.39, 0.29) is 17.9 Å². The van der Waals surface area contributed by atoms with E-state index in [1.165, 1.54) is 18.3 Å². The zero-order chi connectivity index (χ0) is 30.7. The molecule has 3 aromatic carbocycles. The maximum absolute atomic E-state index is 12.8. The second-order valence-corrected chi connectivity index (χ2v) is 10.7. The van der Waals surface area contributed by atoms with E-state index in [4.69, 9.17) is 14.2 Å². The zero-order valence-electron chi connectivity index (χ0n) is 23.7. The average Bonchev–Trinajstić information content (AvgIpc) is 3.46. The molecule has 0 N–H and O–H groups in total. The molecule has 0 aliphatic carbocycles. The van der Waals surface area contributed by atoms with Crippen molar-refractivity contribution in [2.24, 2.45) is 0 Å². The molecule has 44 heavy (non-hydrogen) atoms. The predicted molar refractivity (Wildman–Crippen MR) is 155 cm³/mol. The second-order valence-electron chi connectivity index (χ2n) is 10.7. The summed E-state index contributed by atoms with van der Waals surface area (Å²) >= 11 is 0. The molecule has 1 atom stereocenters. The van der Waals surface area contributed by atoms with Gasteiger partial charge in [0.15, 0.2) is 0 Å². The molecule has 0 saturated carbocycles. The minimum Gasteiger partial charge on any atom is -0.490 e. The normalized spacial score (nSPS) is 17.1. The van der Waals surface area contributed by atoms with E-state index in [1.807, 2.05) is 48.5 Å². The molecule has 13 heteroatoms. The van der Waals surface area contributed by atoms with Crippen LogP contribution in [0.25, 0.3) is 0 Å². The minimum atomic E-state index is -4.37. The third-order valence-electron chi connectivity index (χ3n) is 7.64. The van der Waals surface area contributed by atoms with Crippen LogP contribution in [-0.4, -0.2) is 58.3 Å². The Labute approximate surface area is 251 Å². The number of ether oxygens (including phenoxy) is 3. The van der Waals surface area contributed by atoms with Crippen molar-refractivity contribution in [2.75, 3.05) is 37.7 Å². The van der Waals surface area contributed by atoms with Gasteiger partial charge < -0.3 is 29.2 Å². The van der Waals surface area contributed by atoms with Gasteiger partial charge >= 0.3 is 18.0 Å². The number of hydrogen-bond acceptors (Lipinski definition) is 8. The summed E-state index contributed by atoms with van der Waals surface area (Å²) in [5.74, 6) is 1.42. The van der Waals surface area contributed by atoms with Gasteiger partial charge in [-0.1, -0.05) is 12.1 Å². The van der Waals surface area contributed by atoms with Crippen LogP contribution in [0.1, 0.15) is 17.5 Å². The molecule has 2 aliphatic rings. The highest BCUT2D eigenvalue weighted by Gasteiger charge is 2.30. The van der Waals surface area contributed by atoms with E-state index in [1.54, 1.807) is 4.57 Å². The Kier molecular flexibility index (Phi) is 8.29. The van der Waals surface area contributed by atoms with Crippen molar-refractivity contribution >= 4 is 11.5 Å². The first-order valence-corrected chi connectivity index (χ1v) is 14.2. The number of aromatic nitrogens is 2. The molecule has 1 saturated heterocycles. The van der Waals surface area contributed by atoms with E-state index in [0.717, 1.165) is 61.9 Å². The maximum atomic E-state index is 12.8. The third-order valence-corrected chi connectivity index (χ3v) is 7.64. The zero-order valence-corrected chi connectivity index (χ0v) is 23.7. The fourth-order valence-electron chi connectivity index (χ4n) is 5.21. The number of piperazine rings is 1. The number of imidazole rings is 1. The highest BCUT2D eigenvalue weighted by atomic mass is 19.4. The van der Waals surface area contributed by atoms with Crippen LogP contribution in [0.4, 0.5) is 24.7 Å². The largest absolute Gasteiger partial charge is 0.490 e. The van der Waals surface area contributed by atoms with Gasteiger partial charge in [-0.2, -0.15) is 13.2 Å². The first kappa shape index (κ1) is 29.3. The summed E-state index contributed by atoms with van der Waals surface area (Å²) in [6.45, 7) is 5.25. The van der Waals surface area contributed by atoms with Gasteiger partial charge in [0.05, 0.1) is 5.56 Å². The van der Waals surface area contributed by atoms with Crippen LogP contribution in [0.15, 0.2) is 79.0 Å². The third kappa shape index (κ3) is 7.05. The highest BCUT2D eigenvalue weighted by molar-refractivity contribution is 5.49. The molecular formula is C31H30F3N5O5. The van der Waals surface area contributed by atoms with Gasteiger partial charge in [0.2, 0.25) is 0 Å². The lowest BCUT2D eigenvalue weighted by atomic mass is 10.1. The molecule has 1 aromatic heterocycles. The number of halogens is 3. The van der Waals surface area contributed by atoms with Gasteiger partial charge in [-0.3, -0.25) is 9.47 Å². The lowest BCUT2D eigenvalue weighted by molar-refractivity contribution is -0.389. The highest BCUT2D eigenvalue weighted by Crippen LogP contribution is 2.32. The molecule has 0 amide bonds. The molecular weight excluding hydrogens is 579 g/mol. The van der Waals surface area contributed by atoms with Crippen molar-refractivity contribution in [1.29, 1.82) is 0 Å². The molecule has 0 spiro atoms. The molecule has 0 unspecified atom stereocenters. The summed E-state index contributed by atoms with van der Waals surface area (Å²) in [4.78, 5) is 19.0. The van der Waals surface area contributed by atoms with E-state index in [9.17, 15) is 23.3 Å². The molecule has 6 rings (SSSR count). The van der Waals surface area contributed by atoms with Crippen molar-refractivity contribution < 1.29 is 32.3 Å². The Hall–Kier alpha value is -4.78. The number of nitro groups is 1. The van der Waals surface area contributed by atoms with Gasteiger partial charge in [-0.25, -0.2) is 0 Å². The number of anilines is 1. The lowest BCUT2D eigenvalue weighted by Gasteiger charge is -2.36. The molecule has 230 valence electrons. The number of aryl methyl sites for hydroxylation is 1. The van der Waals surface area contributed by atoms with Crippen molar-refractivity contribution in [2.45, 2.75) is 31.8 Å². The summed E-state index contributed by atoms with van der Waals surface area (Å²) < 4.78 is 57.3. The first-order valence-electron chi connectivity index (χ1n) is 14.2. The van der Waals surface area contributed by atoms with Gasteiger partial charge in [0.25, 0.3) is 0 Å². The molecule has 10 nitrogen and oxygen atoms in total. The molecule has 4 aromatic rings. The van der Waals surface area contributed by atoms with Crippen LogP contribution >= 0.6 is 0 Å². The van der Waals surface area contributed by atoms with Crippen LogP contribution in [0, 0.1) is 10.1 Å². The fourth-order valence-corrected chi connectivity index (χ4v) is 5.21. The van der Waals surface area contributed by atoms with Crippen LogP contribution in [-0.2, 0) is 19.3 Å². The maximum Gasteiger partial charge on any atom is 0.416 e. The number of benzene rings is 3. The number of nitrogens with zero attached hydrogens (tertiary/aromatic N) is 5. The van der Waals surface area contributed by atoms with Gasteiger partial charge in [0, 0.05) is 56.4 Å². The molecule has 0 radical (unpaired) electrons. The van der Waals surface area contributed by atoms with Crippen molar-refractivity contribution in [3.8, 4) is 23.3 Å². The lowest BCUT2D eigenvalue weighted by Crippen LogP contribution is -2.45. The Morgan fingerprint density at radius 2 is 1.52 bits per heavy atom. The number of fused-ring (bicyclic) bond motifs is 1. The van der Waals surface area contributed by atoms with E-state index in [0.29, 0.717) is 31.1 Å². The summed E-state index contributed by atoms with van der Waals surface area (Å²) in [6.07, 6.45) is -2.55. The smallest absolute Gasteiger partial charge is 0.416 e. The minimum absolute atomic E-state index is 0.223. The summed E-state index contributed by atoms with van der Waals surface area (Å²) in [6, 6.07) is 20.4. The van der Waals surface area contributed by atoms with Crippen molar-refractivity contribution in [3.63, 3.8) is 0 Å². The van der Waals surface area contributed by atoms with Crippen LogP contribution in [0.5, 0.6) is 23.3 Å². The predicted octanol–water partition coefficient (Wildman–Crippen LogP) is 6.15. The second kappa shape index (κ2) is 12.4. The Morgan fingerprint density at radius 3 is 2.16 bits per heavy atom. The van der Waals surface area contributed by atoms with Gasteiger partial charge in [-0.15, -0.1) is 0 Å². The molecule has 0 bridgehead atoms. The van der Waals surface area contributed by atoms with Crippen LogP contribution in [0.3, 0.4) is 0 Å². The Bertz CT molecular complexity index is 1570. The average molecular weight is 610 g/mol. The number of alkyl halides is 3. The Morgan fingerprint density at radius 1 is 0.886 bits per heavy atom. The van der Waals surface area contributed by atoms with Crippen LogP contribution in [0.2, 0.25) is 0 Å². The topological polar surface area (TPSA) is 95.1 Å². The van der Waals surface area contributed by atoms with E-state index >= 15 is 0 Å². The van der Waals surface area contributed by atoms with Gasteiger partial charge in [0.1, 0.15) is 36.2 Å². The van der Waals surface area contributed by atoms with E-state index < -0.39 is 16.7 Å². The number of hydrogen-bond donors (Lipinski definition) is 0. The van der Waals surface area contributed by atoms with Crippen LogP contribution < -0.4 is 19.1 Å². The fraction of sp³-hybridized carbons (Fsp3) is 0.323. The van der Waals surface area contributed by atoms with E-state index in [2.05, 4.69) is 14.8 Å². The summed E-state index contributed by atoms with van der Waals surface area (Å²) in [5, 5.41) is 10.9. The molecule has 2 aliphatic heterocycles. The monoisotopic (exact) mass is 609 g/mol. The molecule has 1 fully saturated rings. The Balaban J connectivity index is 0.933. The number of rotatable bonds is 9. The molecule has 3 heterocycles. The van der Waals surface area contributed by atoms with Crippen molar-refractivity contribution in [3.05, 3.63) is 100 Å². The quantitative estimate of drug-likeness (QED) is 0.165. The van der Waals surface area contributed by atoms with Gasteiger partial charge in [-0.05, 0) is 71.2 Å². The SMILES string of the molecule is O=[N+]([O-])c1cn2c(n1)O[C@H](COc1ccc(N3CCN(Cc4ccc(Oc5ccc(C(F)(F)F)cc5)cc4)CC3)cc1)CC2.